The first-order valence-electron chi connectivity index (χ1n) is 5.79. The van der Waals surface area contributed by atoms with Crippen molar-refractivity contribution in [2.75, 3.05) is 5.32 Å². The van der Waals surface area contributed by atoms with Gasteiger partial charge in [-0.1, -0.05) is 13.8 Å². The quantitative estimate of drug-likeness (QED) is 0.901. The summed E-state index contributed by atoms with van der Waals surface area (Å²) in [6, 6.07) is 0.555. The highest BCUT2D eigenvalue weighted by Gasteiger charge is 2.26. The molecule has 1 aliphatic rings. The Morgan fingerprint density at radius 3 is 2.69 bits per heavy atom. The summed E-state index contributed by atoms with van der Waals surface area (Å²) in [6.45, 7) is 4.70. The predicted molar refractivity (Wildman–Crippen MR) is 69.4 cm³/mol. The summed E-state index contributed by atoms with van der Waals surface area (Å²) in [6.07, 6.45) is 8.38. The normalized spacial score (nSPS) is 20.7. The van der Waals surface area contributed by atoms with Crippen LogP contribution in [0.3, 0.4) is 0 Å². The average Bonchev–Trinajstić information content (AvgIpc) is 2.24. The largest absolute Gasteiger partial charge is 0.366 e. The Bertz CT molecular complexity index is 355. The summed E-state index contributed by atoms with van der Waals surface area (Å²) < 4.78 is 0.944. The number of rotatable bonds is 2. The smallest absolute Gasteiger partial charge is 0.143 e. The third-order valence-electron chi connectivity index (χ3n) is 3.35. The van der Waals surface area contributed by atoms with Crippen LogP contribution in [0.25, 0.3) is 0 Å². The minimum atomic E-state index is 0.515. The molecule has 0 saturated heterocycles. The minimum Gasteiger partial charge on any atom is -0.366 e. The maximum atomic E-state index is 4.24. The molecule has 1 N–H and O–H groups in total. The van der Waals surface area contributed by atoms with Crippen LogP contribution in [0.4, 0.5) is 5.82 Å². The Morgan fingerprint density at radius 2 is 2.06 bits per heavy atom. The van der Waals surface area contributed by atoms with Gasteiger partial charge in [-0.05, 0) is 47.0 Å². The number of halogens is 1. The van der Waals surface area contributed by atoms with E-state index in [2.05, 4.69) is 45.1 Å². The number of aromatic nitrogens is 2. The van der Waals surface area contributed by atoms with Gasteiger partial charge in [-0.15, -0.1) is 0 Å². The van der Waals surface area contributed by atoms with Gasteiger partial charge in [0.15, 0.2) is 0 Å². The fourth-order valence-corrected chi connectivity index (χ4v) is 2.49. The lowest BCUT2D eigenvalue weighted by Crippen LogP contribution is -2.30. The molecule has 0 radical (unpaired) electrons. The first-order chi connectivity index (χ1) is 7.57. The summed E-state index contributed by atoms with van der Waals surface area (Å²) in [5, 5.41) is 3.49. The van der Waals surface area contributed by atoms with Crippen LogP contribution in [0, 0.1) is 5.41 Å². The van der Waals surface area contributed by atoms with E-state index in [0.29, 0.717) is 11.5 Å². The number of hydrogen-bond acceptors (Lipinski definition) is 3. The van der Waals surface area contributed by atoms with Crippen LogP contribution in [0.2, 0.25) is 0 Å². The molecule has 16 heavy (non-hydrogen) atoms. The van der Waals surface area contributed by atoms with Gasteiger partial charge in [0.25, 0.3) is 0 Å². The molecule has 88 valence electrons. The first kappa shape index (κ1) is 11.8. The van der Waals surface area contributed by atoms with Crippen LogP contribution in [0.15, 0.2) is 17.0 Å². The molecule has 3 nitrogen and oxygen atoms in total. The Labute approximate surface area is 105 Å². The molecular formula is C12H18BrN3. The van der Waals surface area contributed by atoms with Gasteiger partial charge >= 0.3 is 0 Å². The number of nitrogens with one attached hydrogen (secondary N) is 1. The van der Waals surface area contributed by atoms with Crippen molar-refractivity contribution < 1.29 is 0 Å². The summed E-state index contributed by atoms with van der Waals surface area (Å²) in [5.74, 6) is 0.916. The average molecular weight is 284 g/mol. The van der Waals surface area contributed by atoms with Crippen molar-refractivity contribution >= 4 is 21.7 Å². The maximum absolute atomic E-state index is 4.24. The van der Waals surface area contributed by atoms with Crippen molar-refractivity contribution in [3.63, 3.8) is 0 Å². The molecule has 0 atom stereocenters. The topological polar surface area (TPSA) is 37.8 Å². The molecule has 2 rings (SSSR count). The standard InChI is InChI=1S/C12H18BrN3/c1-12(2)5-3-9(4-6-12)16-11-10(13)7-14-8-15-11/h7-9H,3-6H2,1-2H3,(H,14,15,16). The van der Waals surface area contributed by atoms with Crippen LogP contribution in [0.5, 0.6) is 0 Å². The second-order valence-electron chi connectivity index (χ2n) is 5.30. The van der Waals surface area contributed by atoms with E-state index in [1.165, 1.54) is 25.7 Å². The molecule has 1 aliphatic carbocycles. The molecule has 0 aliphatic heterocycles. The monoisotopic (exact) mass is 283 g/mol. The maximum Gasteiger partial charge on any atom is 0.143 e. The second kappa shape index (κ2) is 4.70. The molecule has 1 aromatic heterocycles. The highest BCUT2D eigenvalue weighted by Crippen LogP contribution is 2.36. The molecule has 0 unspecified atom stereocenters. The van der Waals surface area contributed by atoms with E-state index in [9.17, 15) is 0 Å². The van der Waals surface area contributed by atoms with E-state index in [0.717, 1.165) is 10.3 Å². The lowest BCUT2D eigenvalue weighted by Gasteiger charge is -2.34. The van der Waals surface area contributed by atoms with Crippen LogP contribution < -0.4 is 5.32 Å². The van der Waals surface area contributed by atoms with E-state index in [4.69, 9.17) is 0 Å². The summed E-state index contributed by atoms with van der Waals surface area (Å²) >= 11 is 3.46. The molecular weight excluding hydrogens is 266 g/mol. The Morgan fingerprint density at radius 1 is 1.38 bits per heavy atom. The van der Waals surface area contributed by atoms with Gasteiger partial charge in [-0.2, -0.15) is 0 Å². The number of anilines is 1. The van der Waals surface area contributed by atoms with Crippen LogP contribution in [-0.4, -0.2) is 16.0 Å². The Balaban J connectivity index is 1.95. The lowest BCUT2D eigenvalue weighted by molar-refractivity contribution is 0.232. The van der Waals surface area contributed by atoms with E-state index in [1.54, 1.807) is 12.5 Å². The fraction of sp³-hybridized carbons (Fsp3) is 0.667. The molecule has 1 heterocycles. The highest BCUT2D eigenvalue weighted by molar-refractivity contribution is 9.10. The van der Waals surface area contributed by atoms with Gasteiger partial charge < -0.3 is 5.32 Å². The highest BCUT2D eigenvalue weighted by atomic mass is 79.9. The fourth-order valence-electron chi connectivity index (χ4n) is 2.16. The van der Waals surface area contributed by atoms with Crippen LogP contribution in [0.1, 0.15) is 39.5 Å². The SMILES string of the molecule is CC1(C)CCC(Nc2ncncc2Br)CC1. The molecule has 1 saturated carbocycles. The first-order valence-corrected chi connectivity index (χ1v) is 6.58. The van der Waals surface area contributed by atoms with Crippen LogP contribution in [-0.2, 0) is 0 Å². The molecule has 0 amide bonds. The third kappa shape index (κ3) is 2.94. The zero-order valence-electron chi connectivity index (χ0n) is 9.83. The number of hydrogen-bond donors (Lipinski definition) is 1. The predicted octanol–water partition coefficient (Wildman–Crippen LogP) is 3.62. The Kier molecular flexibility index (Phi) is 3.47. The van der Waals surface area contributed by atoms with Gasteiger partial charge in [0.2, 0.25) is 0 Å². The Hall–Kier alpha value is -0.640. The van der Waals surface area contributed by atoms with Crippen molar-refractivity contribution in [3.8, 4) is 0 Å². The summed E-state index contributed by atoms with van der Waals surface area (Å²) in [5.41, 5.74) is 0.515. The molecule has 1 aromatic rings. The van der Waals surface area contributed by atoms with E-state index in [-0.39, 0.29) is 0 Å². The third-order valence-corrected chi connectivity index (χ3v) is 3.93. The molecule has 0 bridgehead atoms. The second-order valence-corrected chi connectivity index (χ2v) is 6.16. The zero-order chi connectivity index (χ0) is 11.6. The molecule has 1 fully saturated rings. The van der Waals surface area contributed by atoms with Gasteiger partial charge in [0.05, 0.1) is 4.47 Å². The zero-order valence-corrected chi connectivity index (χ0v) is 11.4. The van der Waals surface area contributed by atoms with Gasteiger partial charge in [-0.3, -0.25) is 0 Å². The van der Waals surface area contributed by atoms with Crippen molar-refractivity contribution in [1.82, 2.24) is 9.97 Å². The molecule has 0 spiro atoms. The van der Waals surface area contributed by atoms with Crippen molar-refractivity contribution in [3.05, 3.63) is 17.0 Å². The number of nitrogens with zero attached hydrogens (tertiary/aromatic N) is 2. The van der Waals surface area contributed by atoms with Crippen molar-refractivity contribution in [2.24, 2.45) is 5.41 Å². The van der Waals surface area contributed by atoms with Crippen molar-refractivity contribution in [1.29, 1.82) is 0 Å². The summed E-state index contributed by atoms with van der Waals surface area (Å²) in [7, 11) is 0. The van der Waals surface area contributed by atoms with Crippen molar-refractivity contribution in [2.45, 2.75) is 45.6 Å². The van der Waals surface area contributed by atoms with E-state index >= 15 is 0 Å². The van der Waals surface area contributed by atoms with Gasteiger partial charge in [-0.25, -0.2) is 9.97 Å². The van der Waals surface area contributed by atoms with Crippen LogP contribution >= 0.6 is 15.9 Å². The van der Waals surface area contributed by atoms with E-state index in [1.807, 2.05) is 0 Å². The minimum absolute atomic E-state index is 0.515. The lowest BCUT2D eigenvalue weighted by atomic mass is 9.75. The molecule has 0 aromatic carbocycles. The molecule has 4 heteroatoms. The van der Waals surface area contributed by atoms with E-state index < -0.39 is 0 Å². The van der Waals surface area contributed by atoms with Gasteiger partial charge in [0.1, 0.15) is 12.1 Å². The van der Waals surface area contributed by atoms with Gasteiger partial charge in [0, 0.05) is 12.2 Å². The summed E-state index contributed by atoms with van der Waals surface area (Å²) in [4.78, 5) is 8.20.